The van der Waals surface area contributed by atoms with E-state index in [1.54, 1.807) is 66.7 Å². The van der Waals surface area contributed by atoms with Crippen LogP contribution in [0.5, 0.6) is 23.0 Å². The zero-order chi connectivity index (χ0) is 36.5. The van der Waals surface area contributed by atoms with E-state index in [2.05, 4.69) is 10.6 Å². The smallest absolute Gasteiger partial charge is 0.235 e. The molecule has 1 aliphatic rings. The van der Waals surface area contributed by atoms with Crippen molar-refractivity contribution in [3.63, 3.8) is 0 Å². The Labute approximate surface area is 299 Å². The first-order valence-electron chi connectivity index (χ1n) is 17.3. The lowest BCUT2D eigenvalue weighted by atomic mass is 9.61. The Hall–Kier alpha value is -5.35. The number of rotatable bonds is 14. The van der Waals surface area contributed by atoms with E-state index in [1.165, 1.54) is 6.92 Å². The molecule has 4 unspecified atom stereocenters. The molecule has 5 rings (SSSR count). The number of hydrogen-bond acceptors (Lipinski definition) is 8. The standard InChI is InChI=1S/C41H46N2O8/c1-6-48-32-19-13-11-17-29(32)42-39(45)37-31(44)24-41(5,47)38(40(46)43-30-18-12-14-20-33(30)49-7-2)36(37)27-21-22-34(35(23-27)50-8-3)51-25-28-16-10-9-15-26(28)4/h9-23,36-38,47H,6-8,24-25H2,1-5H3,(H,42,45)(H,43,46). The van der Waals surface area contributed by atoms with E-state index in [1.807, 2.05) is 52.0 Å². The molecule has 4 aromatic carbocycles. The Bertz CT molecular complexity index is 1860. The second-order valence-electron chi connectivity index (χ2n) is 12.7. The molecular formula is C41H46N2O8. The number of amides is 2. The summed E-state index contributed by atoms with van der Waals surface area (Å²) in [6.07, 6.45) is -0.421. The highest BCUT2D eigenvalue weighted by Gasteiger charge is 2.56. The molecule has 0 saturated heterocycles. The highest BCUT2D eigenvalue weighted by molar-refractivity contribution is 6.11. The molecule has 0 radical (unpaired) electrons. The molecular weight excluding hydrogens is 648 g/mol. The van der Waals surface area contributed by atoms with E-state index in [9.17, 15) is 19.5 Å². The number of Topliss-reactive ketones (excluding diaryl/α,β-unsaturated/α-hetero) is 1. The molecule has 4 atom stereocenters. The molecule has 10 heteroatoms. The third kappa shape index (κ3) is 8.52. The lowest BCUT2D eigenvalue weighted by molar-refractivity contribution is -0.150. The summed E-state index contributed by atoms with van der Waals surface area (Å²) < 4.78 is 23.7. The van der Waals surface area contributed by atoms with Gasteiger partial charge in [0.1, 0.15) is 29.8 Å². The lowest BCUT2D eigenvalue weighted by Gasteiger charge is -2.44. The van der Waals surface area contributed by atoms with Crippen LogP contribution in [-0.2, 0) is 21.0 Å². The van der Waals surface area contributed by atoms with Crippen LogP contribution in [-0.4, -0.2) is 48.1 Å². The van der Waals surface area contributed by atoms with Gasteiger partial charge in [-0.2, -0.15) is 0 Å². The number of nitrogens with one attached hydrogen (secondary N) is 2. The summed E-state index contributed by atoms with van der Waals surface area (Å²) in [4.78, 5) is 42.7. The zero-order valence-corrected chi connectivity index (χ0v) is 29.7. The van der Waals surface area contributed by atoms with Crippen molar-refractivity contribution < 1.29 is 38.4 Å². The van der Waals surface area contributed by atoms with Crippen molar-refractivity contribution in [2.45, 2.75) is 59.2 Å². The van der Waals surface area contributed by atoms with Gasteiger partial charge in [-0.3, -0.25) is 14.4 Å². The molecule has 1 fully saturated rings. The van der Waals surface area contributed by atoms with Crippen molar-refractivity contribution >= 4 is 29.0 Å². The number of aliphatic hydroxyl groups is 1. The predicted octanol–water partition coefficient (Wildman–Crippen LogP) is 7.09. The molecule has 0 spiro atoms. The van der Waals surface area contributed by atoms with E-state index in [4.69, 9.17) is 18.9 Å². The second-order valence-corrected chi connectivity index (χ2v) is 12.7. The van der Waals surface area contributed by atoms with Gasteiger partial charge in [0.15, 0.2) is 11.5 Å². The molecule has 4 aromatic rings. The van der Waals surface area contributed by atoms with Gasteiger partial charge in [-0.15, -0.1) is 0 Å². The van der Waals surface area contributed by atoms with Crippen LogP contribution in [0.25, 0.3) is 0 Å². The van der Waals surface area contributed by atoms with Crippen LogP contribution in [0, 0.1) is 18.8 Å². The van der Waals surface area contributed by atoms with E-state index in [0.717, 1.165) is 11.1 Å². The summed E-state index contributed by atoms with van der Waals surface area (Å²) in [6, 6.07) is 26.9. The molecule has 3 N–H and O–H groups in total. The van der Waals surface area contributed by atoms with Crippen molar-refractivity contribution in [1.29, 1.82) is 0 Å². The topological polar surface area (TPSA) is 132 Å². The number of para-hydroxylation sites is 4. The quantitative estimate of drug-likeness (QED) is 0.119. The average Bonchev–Trinajstić information content (AvgIpc) is 3.09. The van der Waals surface area contributed by atoms with Gasteiger partial charge < -0.3 is 34.7 Å². The van der Waals surface area contributed by atoms with Gasteiger partial charge in [0.2, 0.25) is 11.8 Å². The molecule has 1 aliphatic carbocycles. The van der Waals surface area contributed by atoms with Gasteiger partial charge in [0.25, 0.3) is 0 Å². The fourth-order valence-corrected chi connectivity index (χ4v) is 6.66. The maximum absolute atomic E-state index is 14.4. The molecule has 2 amide bonds. The number of hydrogen-bond donors (Lipinski definition) is 3. The minimum Gasteiger partial charge on any atom is -0.492 e. The normalized spacial score (nSPS) is 19.9. The van der Waals surface area contributed by atoms with Gasteiger partial charge in [-0.05, 0) is 87.7 Å². The molecule has 0 aliphatic heterocycles. The Morgan fingerprint density at radius 3 is 1.88 bits per heavy atom. The summed E-state index contributed by atoms with van der Waals surface area (Å²) >= 11 is 0. The summed E-state index contributed by atoms with van der Waals surface area (Å²) in [7, 11) is 0. The first kappa shape index (κ1) is 36.9. The highest BCUT2D eigenvalue weighted by Crippen LogP contribution is 2.48. The summed E-state index contributed by atoms with van der Waals surface area (Å²) in [5.41, 5.74) is 1.50. The average molecular weight is 695 g/mol. The number of aryl methyl sites for hydroxylation is 1. The Kier molecular flexibility index (Phi) is 12.0. The lowest BCUT2D eigenvalue weighted by Crippen LogP contribution is -2.56. The number of anilines is 2. The Balaban J connectivity index is 1.59. The Morgan fingerprint density at radius 2 is 1.27 bits per heavy atom. The van der Waals surface area contributed by atoms with Crippen LogP contribution in [0.15, 0.2) is 91.0 Å². The van der Waals surface area contributed by atoms with E-state index in [0.29, 0.717) is 59.8 Å². The number of benzene rings is 4. The van der Waals surface area contributed by atoms with Crippen LogP contribution in [0.1, 0.15) is 56.7 Å². The molecule has 268 valence electrons. The van der Waals surface area contributed by atoms with Crippen molar-refractivity contribution in [1.82, 2.24) is 0 Å². The highest BCUT2D eigenvalue weighted by atomic mass is 16.5. The predicted molar refractivity (Wildman–Crippen MR) is 196 cm³/mol. The third-order valence-corrected chi connectivity index (χ3v) is 9.02. The summed E-state index contributed by atoms with van der Waals surface area (Å²) in [5.74, 6) is -3.70. The van der Waals surface area contributed by atoms with Crippen LogP contribution >= 0.6 is 0 Å². The minimum atomic E-state index is -1.82. The first-order valence-corrected chi connectivity index (χ1v) is 17.3. The fraction of sp³-hybridized carbons (Fsp3) is 0.341. The van der Waals surface area contributed by atoms with Crippen molar-refractivity contribution in [2.24, 2.45) is 11.8 Å². The zero-order valence-electron chi connectivity index (χ0n) is 29.7. The van der Waals surface area contributed by atoms with E-state index in [-0.39, 0.29) is 6.61 Å². The third-order valence-electron chi connectivity index (χ3n) is 9.02. The molecule has 10 nitrogen and oxygen atoms in total. The maximum atomic E-state index is 14.4. The van der Waals surface area contributed by atoms with Gasteiger partial charge in [-0.1, -0.05) is 54.6 Å². The van der Waals surface area contributed by atoms with Crippen molar-refractivity contribution in [3.8, 4) is 23.0 Å². The summed E-state index contributed by atoms with van der Waals surface area (Å²) in [5, 5.41) is 17.7. The van der Waals surface area contributed by atoms with Gasteiger partial charge >= 0.3 is 0 Å². The molecule has 0 aromatic heterocycles. The van der Waals surface area contributed by atoms with Gasteiger partial charge in [0, 0.05) is 12.3 Å². The number of carbonyl (C=O) groups excluding carboxylic acids is 3. The van der Waals surface area contributed by atoms with Crippen LogP contribution in [0.2, 0.25) is 0 Å². The number of ketones is 1. The van der Waals surface area contributed by atoms with Crippen molar-refractivity contribution in [3.05, 3.63) is 108 Å². The number of ether oxygens (including phenoxy) is 4. The molecule has 1 saturated carbocycles. The summed E-state index contributed by atoms with van der Waals surface area (Å²) in [6.45, 7) is 10.3. The van der Waals surface area contributed by atoms with Crippen molar-refractivity contribution in [2.75, 3.05) is 30.5 Å². The second kappa shape index (κ2) is 16.6. The van der Waals surface area contributed by atoms with Gasteiger partial charge in [-0.25, -0.2) is 0 Å². The minimum absolute atomic E-state index is 0.289. The SMILES string of the molecule is CCOc1ccccc1NC(=O)C1C(=O)CC(C)(O)C(C(=O)Nc2ccccc2OCC)C1c1ccc(OCc2ccccc2C)c(OCC)c1. The Morgan fingerprint density at radius 1 is 0.725 bits per heavy atom. The largest absolute Gasteiger partial charge is 0.492 e. The monoisotopic (exact) mass is 694 g/mol. The number of carbonyl (C=O) groups is 3. The fourth-order valence-electron chi connectivity index (χ4n) is 6.66. The molecule has 0 bridgehead atoms. The van der Waals surface area contributed by atoms with Crippen LogP contribution in [0.3, 0.4) is 0 Å². The first-order chi connectivity index (χ1) is 24.6. The van der Waals surface area contributed by atoms with Crippen LogP contribution < -0.4 is 29.6 Å². The maximum Gasteiger partial charge on any atom is 0.235 e. The van der Waals surface area contributed by atoms with E-state index >= 15 is 0 Å². The van der Waals surface area contributed by atoms with E-state index < -0.39 is 47.4 Å². The van der Waals surface area contributed by atoms with Crippen LogP contribution in [0.4, 0.5) is 11.4 Å². The molecule has 0 heterocycles. The van der Waals surface area contributed by atoms with Gasteiger partial charge in [0.05, 0.1) is 42.7 Å². The molecule has 51 heavy (non-hydrogen) atoms.